The number of aryl methyl sites for hydroxylation is 1. The van der Waals surface area contributed by atoms with E-state index in [0.717, 1.165) is 21.2 Å². The van der Waals surface area contributed by atoms with Crippen LogP contribution in [0.25, 0.3) is 0 Å². The van der Waals surface area contributed by atoms with Gasteiger partial charge in [-0.2, -0.15) is 0 Å². The molecule has 0 spiro atoms. The standard InChI is InChI=1S/C14H14BrFN2/c1-9-8-12(16)6-7-13(9)14(18-17)10-2-4-11(15)5-3-10/h2-8,14,18H,17H2,1H3. The van der Waals surface area contributed by atoms with Gasteiger partial charge in [0.05, 0.1) is 6.04 Å². The molecule has 0 saturated heterocycles. The lowest BCUT2D eigenvalue weighted by atomic mass is 9.95. The van der Waals surface area contributed by atoms with Crippen LogP contribution in [0.15, 0.2) is 46.9 Å². The molecule has 4 heteroatoms. The number of hydrogen-bond acceptors (Lipinski definition) is 2. The van der Waals surface area contributed by atoms with Gasteiger partial charge in [0.15, 0.2) is 0 Å². The van der Waals surface area contributed by atoms with Gasteiger partial charge in [-0.3, -0.25) is 5.84 Å². The summed E-state index contributed by atoms with van der Waals surface area (Å²) in [6.45, 7) is 1.88. The van der Waals surface area contributed by atoms with Crippen molar-refractivity contribution in [3.8, 4) is 0 Å². The molecule has 1 atom stereocenters. The second kappa shape index (κ2) is 5.61. The highest BCUT2D eigenvalue weighted by atomic mass is 79.9. The van der Waals surface area contributed by atoms with Gasteiger partial charge in [-0.05, 0) is 47.9 Å². The third kappa shape index (κ3) is 2.77. The molecule has 0 heterocycles. The zero-order valence-electron chi connectivity index (χ0n) is 9.95. The van der Waals surface area contributed by atoms with E-state index in [9.17, 15) is 4.39 Å². The van der Waals surface area contributed by atoms with E-state index in [1.54, 1.807) is 6.07 Å². The fourth-order valence-electron chi connectivity index (χ4n) is 1.98. The van der Waals surface area contributed by atoms with Crippen LogP contribution in [-0.4, -0.2) is 0 Å². The predicted molar refractivity (Wildman–Crippen MR) is 74.4 cm³/mol. The minimum atomic E-state index is -0.233. The van der Waals surface area contributed by atoms with Crippen molar-refractivity contribution in [3.05, 3.63) is 69.4 Å². The monoisotopic (exact) mass is 308 g/mol. The molecular weight excluding hydrogens is 295 g/mol. The zero-order chi connectivity index (χ0) is 13.1. The second-order valence-electron chi connectivity index (χ2n) is 4.15. The van der Waals surface area contributed by atoms with Gasteiger partial charge in [0.25, 0.3) is 0 Å². The molecule has 0 aromatic heterocycles. The highest BCUT2D eigenvalue weighted by molar-refractivity contribution is 9.10. The maximum absolute atomic E-state index is 13.1. The summed E-state index contributed by atoms with van der Waals surface area (Å²) in [7, 11) is 0. The highest BCUT2D eigenvalue weighted by Gasteiger charge is 2.14. The van der Waals surface area contributed by atoms with E-state index in [4.69, 9.17) is 5.84 Å². The number of hydrazine groups is 1. The predicted octanol–water partition coefficient (Wildman–Crippen LogP) is 3.45. The van der Waals surface area contributed by atoms with E-state index < -0.39 is 0 Å². The SMILES string of the molecule is Cc1cc(F)ccc1C(NN)c1ccc(Br)cc1. The summed E-state index contributed by atoms with van der Waals surface area (Å²) in [5.41, 5.74) is 5.66. The number of rotatable bonds is 3. The molecule has 0 bridgehead atoms. The van der Waals surface area contributed by atoms with Gasteiger partial charge in [-0.25, -0.2) is 9.82 Å². The van der Waals surface area contributed by atoms with Crippen molar-refractivity contribution in [1.29, 1.82) is 0 Å². The fraction of sp³-hybridized carbons (Fsp3) is 0.143. The topological polar surface area (TPSA) is 38.0 Å². The summed E-state index contributed by atoms with van der Waals surface area (Å²) in [5.74, 6) is 5.39. The molecule has 3 N–H and O–H groups in total. The summed E-state index contributed by atoms with van der Waals surface area (Å²) in [6.07, 6.45) is 0. The summed E-state index contributed by atoms with van der Waals surface area (Å²) < 4.78 is 14.1. The zero-order valence-corrected chi connectivity index (χ0v) is 11.5. The Morgan fingerprint density at radius 1 is 1.17 bits per heavy atom. The quantitative estimate of drug-likeness (QED) is 0.673. The molecule has 0 aliphatic heterocycles. The van der Waals surface area contributed by atoms with Gasteiger partial charge in [0.1, 0.15) is 5.82 Å². The Balaban J connectivity index is 2.41. The van der Waals surface area contributed by atoms with Crippen LogP contribution in [0, 0.1) is 12.7 Å². The van der Waals surface area contributed by atoms with Crippen molar-refractivity contribution in [2.75, 3.05) is 0 Å². The molecule has 2 nitrogen and oxygen atoms in total. The molecule has 0 fully saturated rings. The van der Waals surface area contributed by atoms with Crippen LogP contribution >= 0.6 is 15.9 Å². The Labute approximate surface area is 114 Å². The van der Waals surface area contributed by atoms with Gasteiger partial charge in [-0.15, -0.1) is 0 Å². The third-order valence-electron chi connectivity index (χ3n) is 2.91. The van der Waals surface area contributed by atoms with E-state index in [1.807, 2.05) is 31.2 Å². The maximum atomic E-state index is 13.1. The molecule has 0 radical (unpaired) electrons. The Bertz CT molecular complexity index is 540. The largest absolute Gasteiger partial charge is 0.271 e. The summed E-state index contributed by atoms with van der Waals surface area (Å²) in [5, 5.41) is 0. The summed E-state index contributed by atoms with van der Waals surface area (Å²) >= 11 is 3.40. The van der Waals surface area contributed by atoms with Crippen molar-refractivity contribution in [1.82, 2.24) is 5.43 Å². The lowest BCUT2D eigenvalue weighted by Crippen LogP contribution is -2.29. The van der Waals surface area contributed by atoms with Crippen molar-refractivity contribution in [3.63, 3.8) is 0 Å². The molecule has 0 saturated carbocycles. The first-order valence-electron chi connectivity index (χ1n) is 5.59. The summed E-state index contributed by atoms with van der Waals surface area (Å²) in [6, 6.07) is 12.5. The molecule has 2 aromatic rings. The second-order valence-corrected chi connectivity index (χ2v) is 5.07. The average molecular weight is 309 g/mol. The van der Waals surface area contributed by atoms with E-state index >= 15 is 0 Å². The number of hydrogen-bond donors (Lipinski definition) is 2. The van der Waals surface area contributed by atoms with E-state index in [-0.39, 0.29) is 11.9 Å². The third-order valence-corrected chi connectivity index (χ3v) is 3.44. The Morgan fingerprint density at radius 2 is 1.83 bits per heavy atom. The Hall–Kier alpha value is -1.23. The Kier molecular flexibility index (Phi) is 4.11. The van der Waals surface area contributed by atoms with Crippen LogP contribution in [0.5, 0.6) is 0 Å². The number of benzene rings is 2. The lowest BCUT2D eigenvalue weighted by molar-refractivity contribution is 0.612. The van der Waals surface area contributed by atoms with Crippen molar-refractivity contribution in [2.45, 2.75) is 13.0 Å². The first-order valence-corrected chi connectivity index (χ1v) is 6.39. The van der Waals surface area contributed by atoms with E-state index in [1.165, 1.54) is 12.1 Å². The minimum Gasteiger partial charge on any atom is -0.271 e. The first-order chi connectivity index (χ1) is 8.61. The van der Waals surface area contributed by atoms with Crippen LogP contribution in [0.2, 0.25) is 0 Å². The van der Waals surface area contributed by atoms with Crippen molar-refractivity contribution < 1.29 is 4.39 Å². The molecule has 1 unspecified atom stereocenters. The van der Waals surface area contributed by atoms with E-state index in [2.05, 4.69) is 21.4 Å². The number of nitrogens with two attached hydrogens (primary N) is 1. The van der Waals surface area contributed by atoms with Crippen LogP contribution in [0.4, 0.5) is 4.39 Å². The maximum Gasteiger partial charge on any atom is 0.123 e. The number of nitrogens with one attached hydrogen (secondary N) is 1. The van der Waals surface area contributed by atoms with Gasteiger partial charge in [0.2, 0.25) is 0 Å². The van der Waals surface area contributed by atoms with Gasteiger partial charge < -0.3 is 0 Å². The van der Waals surface area contributed by atoms with Crippen molar-refractivity contribution in [2.24, 2.45) is 5.84 Å². The van der Waals surface area contributed by atoms with Gasteiger partial charge >= 0.3 is 0 Å². The Morgan fingerprint density at radius 3 is 2.39 bits per heavy atom. The number of halogens is 2. The van der Waals surface area contributed by atoms with Gasteiger partial charge in [-0.1, -0.05) is 34.1 Å². The van der Waals surface area contributed by atoms with E-state index in [0.29, 0.717) is 0 Å². The van der Waals surface area contributed by atoms with Crippen molar-refractivity contribution >= 4 is 15.9 Å². The molecule has 94 valence electrons. The van der Waals surface area contributed by atoms with Crippen LogP contribution in [0.3, 0.4) is 0 Å². The average Bonchev–Trinajstić information content (AvgIpc) is 2.35. The minimum absolute atomic E-state index is 0.140. The first kappa shape index (κ1) is 13.2. The molecule has 0 amide bonds. The smallest absolute Gasteiger partial charge is 0.123 e. The summed E-state index contributed by atoms with van der Waals surface area (Å²) in [4.78, 5) is 0. The molecular formula is C14H14BrFN2. The molecule has 2 aromatic carbocycles. The van der Waals surface area contributed by atoms with Crippen LogP contribution in [-0.2, 0) is 0 Å². The molecule has 0 aliphatic rings. The molecule has 0 aliphatic carbocycles. The highest BCUT2D eigenvalue weighted by Crippen LogP contribution is 2.25. The normalized spacial score (nSPS) is 12.4. The van der Waals surface area contributed by atoms with Gasteiger partial charge in [0, 0.05) is 4.47 Å². The van der Waals surface area contributed by atoms with Crippen LogP contribution in [0.1, 0.15) is 22.7 Å². The molecule has 2 rings (SSSR count). The lowest BCUT2D eigenvalue weighted by Gasteiger charge is -2.19. The fourth-order valence-corrected chi connectivity index (χ4v) is 2.25. The molecule has 18 heavy (non-hydrogen) atoms. The van der Waals surface area contributed by atoms with Crippen LogP contribution < -0.4 is 11.3 Å².